The first-order valence-corrected chi connectivity index (χ1v) is 10.7. The number of hydrogen-bond acceptors (Lipinski definition) is 5. The Hall–Kier alpha value is -2.68. The summed E-state index contributed by atoms with van der Waals surface area (Å²) in [6, 6.07) is 12.2. The molecule has 0 unspecified atom stereocenters. The zero-order valence-electron chi connectivity index (χ0n) is 16.4. The van der Waals surface area contributed by atoms with Crippen molar-refractivity contribution in [2.24, 2.45) is 0 Å². The molecule has 0 atom stereocenters. The van der Waals surface area contributed by atoms with E-state index < -0.39 is 10.0 Å². The summed E-state index contributed by atoms with van der Waals surface area (Å²) in [5.41, 5.74) is 1.81. The molecule has 0 aromatic heterocycles. The second kappa shape index (κ2) is 9.21. The van der Waals surface area contributed by atoms with Crippen LogP contribution in [-0.4, -0.2) is 52.0 Å². The van der Waals surface area contributed by atoms with E-state index in [0.717, 1.165) is 5.56 Å². The minimum absolute atomic E-state index is 0.186. The minimum atomic E-state index is -3.65. The van der Waals surface area contributed by atoms with Crippen molar-refractivity contribution in [2.45, 2.75) is 11.8 Å². The standard InChI is InChI=1S/C21H24N2O5S/c1-16-7-9-18(15-20(16)29(25,26)23-11-13-28-14-12-23)22-21(24)10-8-17-5-3-4-6-19(17)27-2/h3-10,15H,11-14H2,1-2H3,(H,22,24). The smallest absolute Gasteiger partial charge is 0.248 e. The Kier molecular flexibility index (Phi) is 6.68. The molecule has 0 bridgehead atoms. The van der Waals surface area contributed by atoms with Crippen LogP contribution in [0.25, 0.3) is 6.08 Å². The van der Waals surface area contributed by atoms with Gasteiger partial charge in [0.05, 0.1) is 25.2 Å². The molecule has 0 aliphatic carbocycles. The maximum Gasteiger partial charge on any atom is 0.248 e. The number of nitrogens with zero attached hydrogens (tertiary/aromatic N) is 1. The van der Waals surface area contributed by atoms with E-state index in [0.29, 0.717) is 43.3 Å². The molecule has 8 heteroatoms. The van der Waals surface area contributed by atoms with Crippen LogP contribution in [0.5, 0.6) is 5.75 Å². The highest BCUT2D eigenvalue weighted by atomic mass is 32.2. The highest BCUT2D eigenvalue weighted by Gasteiger charge is 2.28. The van der Waals surface area contributed by atoms with Gasteiger partial charge in [0, 0.05) is 30.4 Å². The van der Waals surface area contributed by atoms with Crippen molar-refractivity contribution in [3.05, 3.63) is 59.7 Å². The maximum atomic E-state index is 13.0. The molecule has 1 heterocycles. The van der Waals surface area contributed by atoms with Gasteiger partial charge in [0.25, 0.3) is 0 Å². The monoisotopic (exact) mass is 416 g/mol. The first kappa shape index (κ1) is 21.0. The Morgan fingerprint density at radius 1 is 1.17 bits per heavy atom. The van der Waals surface area contributed by atoms with E-state index in [1.54, 1.807) is 38.3 Å². The van der Waals surface area contributed by atoms with Crippen LogP contribution in [0.15, 0.2) is 53.4 Å². The highest BCUT2D eigenvalue weighted by molar-refractivity contribution is 7.89. The number of nitrogens with one attached hydrogen (secondary N) is 1. The number of carbonyl (C=O) groups excluding carboxylic acids is 1. The Morgan fingerprint density at radius 2 is 1.90 bits per heavy atom. The number of ether oxygens (including phenoxy) is 2. The summed E-state index contributed by atoms with van der Waals surface area (Å²) >= 11 is 0. The molecule has 0 saturated carbocycles. The molecule has 1 fully saturated rings. The average Bonchev–Trinajstić information content (AvgIpc) is 2.74. The summed E-state index contributed by atoms with van der Waals surface area (Å²) < 4.78 is 37.8. The third-order valence-corrected chi connectivity index (χ3v) is 6.64. The van der Waals surface area contributed by atoms with Crippen LogP contribution in [0.3, 0.4) is 0 Å². The molecular formula is C21H24N2O5S. The van der Waals surface area contributed by atoms with Crippen LogP contribution in [0.2, 0.25) is 0 Å². The van der Waals surface area contributed by atoms with Crippen LogP contribution in [-0.2, 0) is 19.6 Å². The number of aryl methyl sites for hydroxylation is 1. The minimum Gasteiger partial charge on any atom is -0.496 e. The molecule has 1 aliphatic rings. The van der Waals surface area contributed by atoms with Crippen molar-refractivity contribution in [1.29, 1.82) is 0 Å². The van der Waals surface area contributed by atoms with Gasteiger partial charge in [-0.15, -0.1) is 0 Å². The highest BCUT2D eigenvalue weighted by Crippen LogP contribution is 2.24. The van der Waals surface area contributed by atoms with E-state index in [1.165, 1.54) is 16.4 Å². The van der Waals surface area contributed by atoms with Gasteiger partial charge in [-0.1, -0.05) is 24.3 Å². The van der Waals surface area contributed by atoms with Crippen LogP contribution in [0.1, 0.15) is 11.1 Å². The third-order valence-electron chi connectivity index (χ3n) is 4.60. The summed E-state index contributed by atoms with van der Waals surface area (Å²) in [7, 11) is -2.08. The zero-order valence-corrected chi connectivity index (χ0v) is 17.2. The Bertz CT molecular complexity index is 1010. The third kappa shape index (κ3) is 5.03. The summed E-state index contributed by atoms with van der Waals surface area (Å²) in [6.07, 6.45) is 3.03. The van der Waals surface area contributed by atoms with Gasteiger partial charge >= 0.3 is 0 Å². The number of sulfonamides is 1. The average molecular weight is 416 g/mol. The number of hydrogen-bond donors (Lipinski definition) is 1. The Balaban J connectivity index is 1.77. The summed E-state index contributed by atoms with van der Waals surface area (Å²) in [5.74, 6) is 0.292. The second-order valence-corrected chi connectivity index (χ2v) is 8.47. The fraction of sp³-hybridized carbons (Fsp3) is 0.286. The quantitative estimate of drug-likeness (QED) is 0.732. The summed E-state index contributed by atoms with van der Waals surface area (Å²) in [4.78, 5) is 12.5. The van der Waals surface area contributed by atoms with E-state index >= 15 is 0 Å². The first-order valence-electron chi connectivity index (χ1n) is 9.22. The van der Waals surface area contributed by atoms with Crippen molar-refractivity contribution < 1.29 is 22.7 Å². The predicted octanol–water partition coefficient (Wildman–Crippen LogP) is 2.68. The van der Waals surface area contributed by atoms with Crippen molar-refractivity contribution in [2.75, 3.05) is 38.7 Å². The molecule has 0 radical (unpaired) electrons. The maximum absolute atomic E-state index is 13.0. The van der Waals surface area contributed by atoms with Gasteiger partial charge in [-0.25, -0.2) is 8.42 Å². The molecule has 1 saturated heterocycles. The Morgan fingerprint density at radius 3 is 2.62 bits per heavy atom. The van der Waals surface area contributed by atoms with E-state index in [2.05, 4.69) is 5.32 Å². The molecule has 3 rings (SSSR count). The van der Waals surface area contributed by atoms with E-state index in [9.17, 15) is 13.2 Å². The molecule has 29 heavy (non-hydrogen) atoms. The van der Waals surface area contributed by atoms with Gasteiger partial charge in [0.2, 0.25) is 15.9 Å². The van der Waals surface area contributed by atoms with Crippen molar-refractivity contribution >= 4 is 27.7 Å². The van der Waals surface area contributed by atoms with Gasteiger partial charge in [-0.3, -0.25) is 4.79 Å². The second-order valence-electron chi connectivity index (χ2n) is 6.56. The van der Waals surface area contributed by atoms with E-state index in [1.807, 2.05) is 18.2 Å². The molecule has 1 amide bonds. The van der Waals surface area contributed by atoms with Crippen LogP contribution < -0.4 is 10.1 Å². The van der Waals surface area contributed by atoms with Crippen LogP contribution >= 0.6 is 0 Å². The molecule has 0 spiro atoms. The van der Waals surface area contributed by atoms with Gasteiger partial charge in [-0.2, -0.15) is 4.31 Å². The fourth-order valence-electron chi connectivity index (χ4n) is 3.04. The lowest BCUT2D eigenvalue weighted by Gasteiger charge is -2.26. The topological polar surface area (TPSA) is 84.9 Å². The molecular weight excluding hydrogens is 392 g/mol. The largest absolute Gasteiger partial charge is 0.496 e. The SMILES string of the molecule is COc1ccccc1C=CC(=O)Nc1ccc(C)c(S(=O)(=O)N2CCOCC2)c1. The molecule has 154 valence electrons. The number of morpholine rings is 1. The number of rotatable bonds is 6. The fourth-order valence-corrected chi connectivity index (χ4v) is 4.69. The molecule has 1 N–H and O–H groups in total. The number of anilines is 1. The first-order chi connectivity index (χ1) is 13.9. The zero-order chi connectivity index (χ0) is 20.9. The number of amides is 1. The van der Waals surface area contributed by atoms with Crippen molar-refractivity contribution in [3.63, 3.8) is 0 Å². The lowest BCUT2D eigenvalue weighted by Crippen LogP contribution is -2.40. The molecule has 2 aromatic rings. The van der Waals surface area contributed by atoms with Crippen LogP contribution in [0, 0.1) is 6.92 Å². The number of benzene rings is 2. The van der Waals surface area contributed by atoms with Gasteiger partial charge in [0.1, 0.15) is 5.75 Å². The summed E-state index contributed by atoms with van der Waals surface area (Å²) in [5, 5.41) is 2.72. The number of carbonyl (C=O) groups is 1. The molecule has 2 aromatic carbocycles. The van der Waals surface area contributed by atoms with E-state index in [4.69, 9.17) is 9.47 Å². The molecule has 1 aliphatic heterocycles. The molecule has 7 nitrogen and oxygen atoms in total. The van der Waals surface area contributed by atoms with E-state index in [-0.39, 0.29) is 10.8 Å². The number of methoxy groups -OCH3 is 1. The van der Waals surface area contributed by atoms with Gasteiger partial charge in [0.15, 0.2) is 0 Å². The van der Waals surface area contributed by atoms with Crippen LogP contribution in [0.4, 0.5) is 5.69 Å². The summed E-state index contributed by atoms with van der Waals surface area (Å²) in [6.45, 7) is 3.13. The number of para-hydroxylation sites is 1. The lowest BCUT2D eigenvalue weighted by molar-refractivity contribution is -0.111. The van der Waals surface area contributed by atoms with Crippen molar-refractivity contribution in [1.82, 2.24) is 4.31 Å². The van der Waals surface area contributed by atoms with Crippen molar-refractivity contribution in [3.8, 4) is 5.75 Å². The lowest BCUT2D eigenvalue weighted by atomic mass is 10.2. The normalized spacial score (nSPS) is 15.4. The van der Waals surface area contributed by atoms with Gasteiger partial charge in [-0.05, 0) is 36.8 Å². The Labute approximate surface area is 171 Å². The predicted molar refractivity (Wildman–Crippen MR) is 111 cm³/mol. The van der Waals surface area contributed by atoms with Gasteiger partial charge < -0.3 is 14.8 Å².